The molecule has 1 aromatic carbocycles. The minimum Gasteiger partial charge on any atom is -0.271 e. The van der Waals surface area contributed by atoms with Gasteiger partial charge in [-0.15, -0.1) is 5.10 Å². The Bertz CT molecular complexity index is 467. The topological polar surface area (TPSA) is 63.8 Å². The summed E-state index contributed by atoms with van der Waals surface area (Å²) >= 11 is 1.33. The number of hydrogen-bond donors (Lipinski definition) is 2. The molecule has 16 heavy (non-hydrogen) atoms. The van der Waals surface area contributed by atoms with E-state index in [0.717, 1.165) is 11.3 Å². The fourth-order valence-corrected chi connectivity index (χ4v) is 2.20. The SMILES string of the molecule is Cc1cccc(C(NN)c2csnn2)c1C. The Morgan fingerprint density at radius 1 is 1.38 bits per heavy atom. The summed E-state index contributed by atoms with van der Waals surface area (Å²) in [6.45, 7) is 4.18. The molecule has 0 aliphatic heterocycles. The number of nitrogens with zero attached hydrogens (tertiary/aromatic N) is 2. The van der Waals surface area contributed by atoms with Gasteiger partial charge < -0.3 is 0 Å². The number of benzene rings is 1. The quantitative estimate of drug-likeness (QED) is 0.627. The second kappa shape index (κ2) is 4.69. The monoisotopic (exact) mass is 234 g/mol. The number of nitrogens with two attached hydrogens (primary N) is 1. The molecule has 1 heterocycles. The second-order valence-corrected chi connectivity index (χ2v) is 4.33. The molecule has 5 heteroatoms. The van der Waals surface area contributed by atoms with Crippen LogP contribution in [0.3, 0.4) is 0 Å². The van der Waals surface area contributed by atoms with Crippen LogP contribution in [0.1, 0.15) is 28.4 Å². The van der Waals surface area contributed by atoms with Crippen molar-refractivity contribution in [1.29, 1.82) is 0 Å². The smallest absolute Gasteiger partial charge is 0.0983 e. The average Bonchev–Trinajstić information content (AvgIpc) is 2.79. The predicted octanol–water partition coefficient (Wildman–Crippen LogP) is 1.71. The summed E-state index contributed by atoms with van der Waals surface area (Å²) in [7, 11) is 0. The molecule has 2 aromatic rings. The lowest BCUT2D eigenvalue weighted by atomic mass is 9.96. The van der Waals surface area contributed by atoms with Crippen molar-refractivity contribution >= 4 is 11.5 Å². The van der Waals surface area contributed by atoms with Crippen LogP contribution in [-0.4, -0.2) is 9.59 Å². The van der Waals surface area contributed by atoms with Crippen LogP contribution in [0.25, 0.3) is 0 Å². The first-order valence-electron chi connectivity index (χ1n) is 5.03. The Kier molecular flexibility index (Phi) is 3.28. The fourth-order valence-electron chi connectivity index (χ4n) is 1.72. The number of aryl methyl sites for hydroxylation is 1. The molecule has 0 spiro atoms. The molecule has 1 aromatic heterocycles. The van der Waals surface area contributed by atoms with Crippen molar-refractivity contribution < 1.29 is 0 Å². The van der Waals surface area contributed by atoms with E-state index in [-0.39, 0.29) is 6.04 Å². The molecule has 0 fully saturated rings. The Hall–Kier alpha value is -1.30. The maximum Gasteiger partial charge on any atom is 0.0983 e. The van der Waals surface area contributed by atoms with Gasteiger partial charge in [0.05, 0.1) is 11.7 Å². The normalized spacial score (nSPS) is 12.7. The van der Waals surface area contributed by atoms with E-state index < -0.39 is 0 Å². The Morgan fingerprint density at radius 2 is 2.19 bits per heavy atom. The van der Waals surface area contributed by atoms with Crippen LogP contribution in [0.5, 0.6) is 0 Å². The van der Waals surface area contributed by atoms with Gasteiger partial charge in [-0.05, 0) is 42.1 Å². The summed E-state index contributed by atoms with van der Waals surface area (Å²) in [6.07, 6.45) is 0. The van der Waals surface area contributed by atoms with Gasteiger partial charge >= 0.3 is 0 Å². The summed E-state index contributed by atoms with van der Waals surface area (Å²) < 4.78 is 3.86. The van der Waals surface area contributed by atoms with Gasteiger partial charge in [0.25, 0.3) is 0 Å². The molecule has 0 amide bonds. The van der Waals surface area contributed by atoms with Gasteiger partial charge in [-0.25, -0.2) is 5.43 Å². The molecule has 2 rings (SSSR count). The van der Waals surface area contributed by atoms with Crippen LogP contribution in [0.4, 0.5) is 0 Å². The van der Waals surface area contributed by atoms with Crippen LogP contribution in [0, 0.1) is 13.8 Å². The first kappa shape index (κ1) is 11.2. The maximum atomic E-state index is 5.60. The molecule has 4 nitrogen and oxygen atoms in total. The van der Waals surface area contributed by atoms with Crippen molar-refractivity contribution in [1.82, 2.24) is 15.0 Å². The number of aromatic nitrogens is 2. The highest BCUT2D eigenvalue weighted by Crippen LogP contribution is 2.24. The van der Waals surface area contributed by atoms with Crippen LogP contribution < -0.4 is 11.3 Å². The van der Waals surface area contributed by atoms with E-state index in [1.807, 2.05) is 11.4 Å². The van der Waals surface area contributed by atoms with Crippen molar-refractivity contribution in [2.24, 2.45) is 5.84 Å². The minimum atomic E-state index is -0.0846. The molecule has 84 valence electrons. The molecule has 0 radical (unpaired) electrons. The van der Waals surface area contributed by atoms with Gasteiger partial charge in [0.2, 0.25) is 0 Å². The largest absolute Gasteiger partial charge is 0.271 e. The summed E-state index contributed by atoms with van der Waals surface area (Å²) in [5, 5.41) is 5.97. The van der Waals surface area contributed by atoms with Gasteiger partial charge in [0.15, 0.2) is 0 Å². The zero-order valence-electron chi connectivity index (χ0n) is 9.27. The standard InChI is InChI=1S/C11H14N4S/c1-7-4-3-5-9(8(7)2)11(13-12)10-6-16-15-14-10/h3-6,11,13H,12H2,1-2H3. The molecule has 3 N–H and O–H groups in total. The second-order valence-electron chi connectivity index (χ2n) is 3.72. The van der Waals surface area contributed by atoms with Gasteiger partial charge in [0, 0.05) is 5.38 Å². The van der Waals surface area contributed by atoms with Crippen molar-refractivity contribution in [2.75, 3.05) is 0 Å². The Balaban J connectivity index is 2.45. The predicted molar refractivity (Wildman–Crippen MR) is 65.0 cm³/mol. The zero-order valence-corrected chi connectivity index (χ0v) is 10.1. The average molecular weight is 234 g/mol. The van der Waals surface area contributed by atoms with Crippen molar-refractivity contribution in [3.63, 3.8) is 0 Å². The van der Waals surface area contributed by atoms with Crippen LogP contribution in [-0.2, 0) is 0 Å². The van der Waals surface area contributed by atoms with E-state index in [0.29, 0.717) is 0 Å². The van der Waals surface area contributed by atoms with E-state index in [9.17, 15) is 0 Å². The van der Waals surface area contributed by atoms with Gasteiger partial charge in [-0.3, -0.25) is 5.84 Å². The lowest BCUT2D eigenvalue weighted by Crippen LogP contribution is -2.29. The summed E-state index contributed by atoms with van der Waals surface area (Å²) in [6, 6.07) is 6.10. The molecule has 0 saturated heterocycles. The summed E-state index contributed by atoms with van der Waals surface area (Å²) in [4.78, 5) is 0. The van der Waals surface area contributed by atoms with Gasteiger partial charge in [-0.2, -0.15) is 0 Å². The molecule has 1 atom stereocenters. The number of hydrazine groups is 1. The molecule has 0 aliphatic carbocycles. The first-order chi connectivity index (χ1) is 7.74. The minimum absolute atomic E-state index is 0.0846. The summed E-state index contributed by atoms with van der Waals surface area (Å²) in [5.41, 5.74) is 7.29. The molecule has 0 bridgehead atoms. The number of nitrogens with one attached hydrogen (secondary N) is 1. The lowest BCUT2D eigenvalue weighted by molar-refractivity contribution is 0.615. The number of hydrogen-bond acceptors (Lipinski definition) is 5. The third-order valence-corrected chi connectivity index (χ3v) is 3.32. The Morgan fingerprint density at radius 3 is 2.81 bits per heavy atom. The van der Waals surface area contributed by atoms with Crippen molar-refractivity contribution in [3.8, 4) is 0 Å². The van der Waals surface area contributed by atoms with E-state index >= 15 is 0 Å². The van der Waals surface area contributed by atoms with Crippen LogP contribution in [0.2, 0.25) is 0 Å². The third-order valence-electron chi connectivity index (χ3n) is 2.80. The molecule has 0 aliphatic rings. The summed E-state index contributed by atoms with van der Waals surface area (Å²) in [5.74, 6) is 5.60. The van der Waals surface area contributed by atoms with Crippen molar-refractivity contribution in [3.05, 3.63) is 46.0 Å². The highest BCUT2D eigenvalue weighted by atomic mass is 32.1. The molecule has 0 saturated carbocycles. The zero-order chi connectivity index (χ0) is 11.5. The van der Waals surface area contributed by atoms with Crippen LogP contribution in [0.15, 0.2) is 23.6 Å². The number of rotatable bonds is 3. The lowest BCUT2D eigenvalue weighted by Gasteiger charge is -2.17. The Labute approximate surface area is 98.6 Å². The van der Waals surface area contributed by atoms with E-state index in [1.54, 1.807) is 0 Å². The van der Waals surface area contributed by atoms with Crippen LogP contribution >= 0.6 is 11.5 Å². The van der Waals surface area contributed by atoms with E-state index in [4.69, 9.17) is 5.84 Å². The molecule has 1 unspecified atom stereocenters. The highest BCUT2D eigenvalue weighted by Gasteiger charge is 2.17. The fraction of sp³-hybridized carbons (Fsp3) is 0.273. The highest BCUT2D eigenvalue weighted by molar-refractivity contribution is 7.03. The van der Waals surface area contributed by atoms with E-state index in [2.05, 4.69) is 41.0 Å². The third kappa shape index (κ3) is 1.97. The van der Waals surface area contributed by atoms with Crippen molar-refractivity contribution in [2.45, 2.75) is 19.9 Å². The van der Waals surface area contributed by atoms with Gasteiger partial charge in [0.1, 0.15) is 0 Å². The van der Waals surface area contributed by atoms with E-state index in [1.165, 1.54) is 22.7 Å². The first-order valence-corrected chi connectivity index (χ1v) is 5.87. The molecular weight excluding hydrogens is 220 g/mol. The van der Waals surface area contributed by atoms with Gasteiger partial charge in [-0.1, -0.05) is 22.7 Å². The molecular formula is C11H14N4S. The maximum absolute atomic E-state index is 5.60.